The fraction of sp³-hybridized carbons (Fsp3) is 0.312. The number of rotatable bonds is 4. The number of benzene rings is 1. The highest BCUT2D eigenvalue weighted by molar-refractivity contribution is 5.95. The summed E-state index contributed by atoms with van der Waals surface area (Å²) in [5.74, 6) is 0.438. The van der Waals surface area contributed by atoms with E-state index < -0.39 is 0 Å². The highest BCUT2D eigenvalue weighted by Gasteiger charge is 2.18. The third-order valence-electron chi connectivity index (χ3n) is 3.70. The molecule has 0 saturated heterocycles. The minimum Gasteiger partial charge on any atom is -0.482 e. The molecule has 1 aliphatic heterocycles. The number of carbonyl (C=O) groups is 2. The number of ether oxygens (including phenoxy) is 1. The van der Waals surface area contributed by atoms with Gasteiger partial charge in [0.05, 0.1) is 23.6 Å². The molecule has 3 rings (SSSR count). The number of nitrogens with zero attached hydrogens (tertiary/aromatic N) is 2. The molecule has 2 aromatic rings. The van der Waals surface area contributed by atoms with Gasteiger partial charge in [-0.05, 0) is 31.5 Å². The number of urea groups is 1. The van der Waals surface area contributed by atoms with Gasteiger partial charge in [0.1, 0.15) is 5.75 Å². The van der Waals surface area contributed by atoms with Gasteiger partial charge in [0.25, 0.3) is 5.91 Å². The molecule has 2 heterocycles. The van der Waals surface area contributed by atoms with Gasteiger partial charge >= 0.3 is 6.03 Å². The maximum absolute atomic E-state index is 12.1. The van der Waals surface area contributed by atoms with E-state index in [0.29, 0.717) is 17.1 Å². The molecule has 1 atom stereocenters. The van der Waals surface area contributed by atoms with Gasteiger partial charge in [0.15, 0.2) is 6.61 Å². The van der Waals surface area contributed by atoms with E-state index in [4.69, 9.17) is 4.74 Å². The fourth-order valence-corrected chi connectivity index (χ4v) is 2.42. The number of fused-ring (bicyclic) bond motifs is 1. The number of amides is 3. The van der Waals surface area contributed by atoms with Crippen molar-refractivity contribution >= 4 is 23.3 Å². The van der Waals surface area contributed by atoms with Crippen LogP contribution in [0, 0.1) is 0 Å². The molecule has 0 fully saturated rings. The van der Waals surface area contributed by atoms with Gasteiger partial charge < -0.3 is 20.7 Å². The van der Waals surface area contributed by atoms with Gasteiger partial charge in [-0.2, -0.15) is 5.10 Å². The molecule has 8 nitrogen and oxygen atoms in total. The molecule has 24 heavy (non-hydrogen) atoms. The van der Waals surface area contributed by atoms with Crippen molar-refractivity contribution in [3.63, 3.8) is 0 Å². The predicted octanol–water partition coefficient (Wildman–Crippen LogP) is 2.12. The summed E-state index contributed by atoms with van der Waals surface area (Å²) < 4.78 is 7.05. The third-order valence-corrected chi connectivity index (χ3v) is 3.70. The first-order valence-corrected chi connectivity index (χ1v) is 7.71. The van der Waals surface area contributed by atoms with Crippen LogP contribution in [0.2, 0.25) is 0 Å². The molecule has 0 saturated carbocycles. The van der Waals surface area contributed by atoms with E-state index in [1.54, 1.807) is 29.2 Å². The van der Waals surface area contributed by atoms with E-state index in [-0.39, 0.29) is 24.6 Å². The van der Waals surface area contributed by atoms with Crippen molar-refractivity contribution in [1.29, 1.82) is 0 Å². The van der Waals surface area contributed by atoms with Crippen LogP contribution in [0.25, 0.3) is 0 Å². The Morgan fingerprint density at radius 3 is 3.08 bits per heavy atom. The second kappa shape index (κ2) is 6.61. The molecule has 0 bridgehead atoms. The zero-order chi connectivity index (χ0) is 17.1. The van der Waals surface area contributed by atoms with Crippen LogP contribution in [0.4, 0.5) is 16.2 Å². The van der Waals surface area contributed by atoms with Gasteiger partial charge in [-0.25, -0.2) is 4.79 Å². The average molecular weight is 329 g/mol. The number of nitrogens with one attached hydrogen (secondary N) is 3. The van der Waals surface area contributed by atoms with Gasteiger partial charge in [0.2, 0.25) is 0 Å². The van der Waals surface area contributed by atoms with E-state index in [0.717, 1.165) is 12.1 Å². The summed E-state index contributed by atoms with van der Waals surface area (Å²) in [7, 11) is 0. The number of hydrogen-bond acceptors (Lipinski definition) is 4. The predicted molar refractivity (Wildman–Crippen MR) is 89.0 cm³/mol. The summed E-state index contributed by atoms with van der Waals surface area (Å²) in [5.41, 5.74) is 2.11. The Hall–Kier alpha value is -3.03. The van der Waals surface area contributed by atoms with Crippen LogP contribution in [0.5, 0.6) is 5.75 Å². The van der Waals surface area contributed by atoms with Crippen LogP contribution in [-0.2, 0) is 11.3 Å². The largest absolute Gasteiger partial charge is 0.482 e. The maximum atomic E-state index is 12.1. The van der Waals surface area contributed by atoms with Crippen LogP contribution in [0.15, 0.2) is 30.6 Å². The van der Waals surface area contributed by atoms with E-state index in [9.17, 15) is 9.59 Å². The molecule has 0 aliphatic carbocycles. The molecule has 8 heteroatoms. The topological polar surface area (TPSA) is 97.3 Å². The highest BCUT2D eigenvalue weighted by Crippen LogP contribution is 2.30. The zero-order valence-corrected chi connectivity index (χ0v) is 13.5. The molecule has 1 aliphatic rings. The molecule has 3 amide bonds. The number of aromatic nitrogens is 2. The molecular formula is C16H19N5O3. The number of hydrogen-bond donors (Lipinski definition) is 3. The summed E-state index contributed by atoms with van der Waals surface area (Å²) in [6, 6.07) is 4.88. The molecule has 0 spiro atoms. The van der Waals surface area contributed by atoms with Crippen LogP contribution in [-0.4, -0.2) is 28.3 Å². The molecule has 1 unspecified atom stereocenters. The van der Waals surface area contributed by atoms with Gasteiger partial charge in [-0.3, -0.25) is 9.48 Å². The van der Waals surface area contributed by atoms with Crippen LogP contribution < -0.4 is 20.7 Å². The lowest BCUT2D eigenvalue weighted by Gasteiger charge is -2.21. The van der Waals surface area contributed by atoms with Gasteiger partial charge in [0, 0.05) is 12.7 Å². The summed E-state index contributed by atoms with van der Waals surface area (Å²) in [6.07, 6.45) is 3.36. The normalized spacial score (nSPS) is 14.2. The Morgan fingerprint density at radius 1 is 1.50 bits per heavy atom. The lowest BCUT2D eigenvalue weighted by molar-refractivity contribution is -0.118. The zero-order valence-electron chi connectivity index (χ0n) is 13.5. The monoisotopic (exact) mass is 329 g/mol. The molecule has 0 radical (unpaired) electrons. The first-order chi connectivity index (χ1) is 11.5. The Balaban J connectivity index is 1.63. The lowest BCUT2D eigenvalue weighted by Crippen LogP contribution is -2.31. The van der Waals surface area contributed by atoms with Crippen LogP contribution in [0.3, 0.4) is 0 Å². The SMILES string of the molecule is CCn1cc(NC(=O)NC(C)c2ccc3c(c2)NC(=O)CO3)cn1. The summed E-state index contributed by atoms with van der Waals surface area (Å²) >= 11 is 0. The van der Waals surface area contributed by atoms with Crippen molar-refractivity contribution in [1.82, 2.24) is 15.1 Å². The van der Waals surface area contributed by atoms with E-state index in [1.807, 2.05) is 19.9 Å². The molecule has 1 aromatic carbocycles. The lowest BCUT2D eigenvalue weighted by atomic mass is 10.1. The number of anilines is 2. The summed E-state index contributed by atoms with van der Waals surface area (Å²) in [4.78, 5) is 23.5. The summed E-state index contributed by atoms with van der Waals surface area (Å²) in [5, 5.41) is 12.4. The summed E-state index contributed by atoms with van der Waals surface area (Å²) in [6.45, 7) is 4.59. The quantitative estimate of drug-likeness (QED) is 0.800. The average Bonchev–Trinajstić information content (AvgIpc) is 3.01. The number of carbonyl (C=O) groups excluding carboxylic acids is 2. The van der Waals surface area contributed by atoms with E-state index in [1.165, 1.54) is 0 Å². The third kappa shape index (κ3) is 3.48. The van der Waals surface area contributed by atoms with Crippen molar-refractivity contribution < 1.29 is 14.3 Å². The van der Waals surface area contributed by atoms with Crippen LogP contribution >= 0.6 is 0 Å². The van der Waals surface area contributed by atoms with Crippen molar-refractivity contribution in [2.75, 3.05) is 17.2 Å². The Kier molecular flexibility index (Phi) is 4.37. The maximum Gasteiger partial charge on any atom is 0.319 e. The highest BCUT2D eigenvalue weighted by atomic mass is 16.5. The standard InChI is InChI=1S/C16H19N5O3/c1-3-21-8-12(7-17-21)19-16(23)18-10(2)11-4-5-14-13(6-11)20-15(22)9-24-14/h4-8,10H,3,9H2,1-2H3,(H,20,22)(H2,18,19,23). The van der Waals surface area contributed by atoms with Crippen molar-refractivity contribution in [3.05, 3.63) is 36.2 Å². The smallest absolute Gasteiger partial charge is 0.319 e. The van der Waals surface area contributed by atoms with Gasteiger partial charge in [-0.1, -0.05) is 6.07 Å². The van der Waals surface area contributed by atoms with Crippen molar-refractivity contribution in [2.45, 2.75) is 26.4 Å². The second-order valence-corrected chi connectivity index (χ2v) is 5.50. The molecule has 1 aromatic heterocycles. The van der Waals surface area contributed by atoms with Crippen LogP contribution in [0.1, 0.15) is 25.5 Å². The van der Waals surface area contributed by atoms with Gasteiger partial charge in [-0.15, -0.1) is 0 Å². The first-order valence-electron chi connectivity index (χ1n) is 7.71. The second-order valence-electron chi connectivity index (χ2n) is 5.50. The minimum absolute atomic E-state index is 0.0218. The van der Waals surface area contributed by atoms with E-state index >= 15 is 0 Å². The minimum atomic E-state index is -0.323. The van der Waals surface area contributed by atoms with Crippen molar-refractivity contribution in [3.8, 4) is 5.75 Å². The van der Waals surface area contributed by atoms with Crippen molar-refractivity contribution in [2.24, 2.45) is 0 Å². The fourth-order valence-electron chi connectivity index (χ4n) is 2.42. The molecular weight excluding hydrogens is 310 g/mol. The van der Waals surface area contributed by atoms with E-state index in [2.05, 4.69) is 21.0 Å². The Bertz CT molecular complexity index is 771. The first kappa shape index (κ1) is 15.9. The molecule has 3 N–H and O–H groups in total. The Morgan fingerprint density at radius 2 is 2.33 bits per heavy atom. The molecule has 126 valence electrons. The Labute approximate surface area is 139 Å². The number of aryl methyl sites for hydroxylation is 1.